The van der Waals surface area contributed by atoms with E-state index >= 15 is 0 Å². The van der Waals surface area contributed by atoms with Gasteiger partial charge in [0, 0.05) is 37.4 Å². The van der Waals surface area contributed by atoms with Gasteiger partial charge in [0.05, 0.1) is 5.69 Å². The van der Waals surface area contributed by atoms with Crippen molar-refractivity contribution in [3.8, 4) is 0 Å². The molecule has 0 aliphatic heterocycles. The van der Waals surface area contributed by atoms with Gasteiger partial charge in [0.2, 0.25) is 5.91 Å². The number of anilines is 1. The Hall–Kier alpha value is -1.62. The highest BCUT2D eigenvalue weighted by Crippen LogP contribution is 2.11. The van der Waals surface area contributed by atoms with Crippen LogP contribution in [-0.2, 0) is 4.79 Å². The van der Waals surface area contributed by atoms with Crippen molar-refractivity contribution in [3.05, 3.63) is 24.5 Å². The van der Waals surface area contributed by atoms with Crippen LogP contribution in [-0.4, -0.2) is 35.6 Å². The molecule has 0 radical (unpaired) electrons. The summed E-state index contributed by atoms with van der Waals surface area (Å²) in [7, 11) is 0. The van der Waals surface area contributed by atoms with Crippen molar-refractivity contribution >= 4 is 11.6 Å². The van der Waals surface area contributed by atoms with Gasteiger partial charge in [0.25, 0.3) is 0 Å². The molecule has 0 spiro atoms. The Morgan fingerprint density at radius 2 is 2.14 bits per heavy atom. The zero-order chi connectivity index (χ0) is 15.7. The van der Waals surface area contributed by atoms with Crippen LogP contribution in [0.2, 0.25) is 0 Å². The molecule has 1 unspecified atom stereocenters. The van der Waals surface area contributed by atoms with Gasteiger partial charge in [-0.25, -0.2) is 0 Å². The normalized spacial score (nSPS) is 12.8. The Morgan fingerprint density at radius 1 is 1.38 bits per heavy atom. The molecule has 1 rings (SSSR count). The minimum Gasteiger partial charge on any atom is -0.384 e. The fraction of sp³-hybridized carbons (Fsp3) is 0.625. The topological polar surface area (TPSA) is 66.1 Å². The highest BCUT2D eigenvalue weighted by molar-refractivity contribution is 5.73. The van der Waals surface area contributed by atoms with Crippen LogP contribution in [0.3, 0.4) is 0 Å². The number of nitrogens with zero attached hydrogens (tertiary/aromatic N) is 1. The van der Waals surface area contributed by atoms with Crippen molar-refractivity contribution in [2.24, 2.45) is 0 Å². The fourth-order valence-corrected chi connectivity index (χ4v) is 2.50. The molecule has 0 saturated carbocycles. The molecular weight excluding hydrogens is 264 g/mol. The summed E-state index contributed by atoms with van der Waals surface area (Å²) in [5, 5.41) is 9.80. The SMILES string of the molecule is CC(=O)NC(C)(C)CC(C)NCCCNc1cccnc1. The van der Waals surface area contributed by atoms with E-state index in [4.69, 9.17) is 0 Å². The van der Waals surface area contributed by atoms with Crippen LogP contribution in [0.25, 0.3) is 0 Å². The van der Waals surface area contributed by atoms with Crippen LogP contribution in [0.1, 0.15) is 40.5 Å². The van der Waals surface area contributed by atoms with E-state index < -0.39 is 0 Å². The van der Waals surface area contributed by atoms with Gasteiger partial charge in [-0.2, -0.15) is 0 Å². The van der Waals surface area contributed by atoms with E-state index in [-0.39, 0.29) is 11.4 Å². The van der Waals surface area contributed by atoms with Crippen LogP contribution in [0, 0.1) is 0 Å². The van der Waals surface area contributed by atoms with Crippen molar-refractivity contribution in [2.75, 3.05) is 18.4 Å². The summed E-state index contributed by atoms with van der Waals surface area (Å²) in [6, 6.07) is 4.30. The molecule has 118 valence electrons. The molecule has 1 amide bonds. The average Bonchev–Trinajstić information content (AvgIpc) is 2.37. The fourth-order valence-electron chi connectivity index (χ4n) is 2.50. The largest absolute Gasteiger partial charge is 0.384 e. The van der Waals surface area contributed by atoms with Crippen molar-refractivity contribution in [1.29, 1.82) is 0 Å². The van der Waals surface area contributed by atoms with E-state index in [0.717, 1.165) is 31.6 Å². The van der Waals surface area contributed by atoms with E-state index in [2.05, 4.69) is 41.7 Å². The highest BCUT2D eigenvalue weighted by Gasteiger charge is 2.21. The molecule has 21 heavy (non-hydrogen) atoms. The summed E-state index contributed by atoms with van der Waals surface area (Å²) >= 11 is 0. The maximum absolute atomic E-state index is 11.1. The molecule has 0 fully saturated rings. The van der Waals surface area contributed by atoms with Crippen molar-refractivity contribution in [3.63, 3.8) is 0 Å². The van der Waals surface area contributed by atoms with Gasteiger partial charge in [-0.1, -0.05) is 0 Å². The van der Waals surface area contributed by atoms with Gasteiger partial charge in [-0.15, -0.1) is 0 Å². The maximum Gasteiger partial charge on any atom is 0.217 e. The minimum absolute atomic E-state index is 0.0212. The van der Waals surface area contributed by atoms with Crippen molar-refractivity contribution < 1.29 is 4.79 Å². The third-order valence-corrected chi connectivity index (χ3v) is 3.17. The molecule has 1 heterocycles. The number of pyridine rings is 1. The van der Waals surface area contributed by atoms with Gasteiger partial charge in [-0.3, -0.25) is 9.78 Å². The van der Waals surface area contributed by atoms with Gasteiger partial charge >= 0.3 is 0 Å². The van der Waals surface area contributed by atoms with E-state index in [1.165, 1.54) is 0 Å². The number of aromatic nitrogens is 1. The number of hydrogen-bond acceptors (Lipinski definition) is 4. The zero-order valence-corrected chi connectivity index (χ0v) is 13.6. The maximum atomic E-state index is 11.1. The average molecular weight is 292 g/mol. The second kappa shape index (κ2) is 8.62. The minimum atomic E-state index is -0.174. The molecule has 3 N–H and O–H groups in total. The number of hydrogen-bond donors (Lipinski definition) is 3. The summed E-state index contributed by atoms with van der Waals surface area (Å²) < 4.78 is 0. The Labute approximate surface area is 127 Å². The van der Waals surface area contributed by atoms with Crippen molar-refractivity contribution in [2.45, 2.75) is 52.1 Å². The first kappa shape index (κ1) is 17.4. The van der Waals surface area contributed by atoms with Crippen LogP contribution in [0.5, 0.6) is 0 Å². The number of rotatable bonds is 9. The predicted molar refractivity (Wildman–Crippen MR) is 87.3 cm³/mol. The summed E-state index contributed by atoms with van der Waals surface area (Å²) in [6.07, 6.45) is 5.54. The summed E-state index contributed by atoms with van der Waals surface area (Å²) in [5.74, 6) is 0.0212. The standard InChI is InChI=1S/C16H28N4O/c1-13(11-16(3,4)20-14(2)21)18-9-6-10-19-15-7-5-8-17-12-15/h5,7-8,12-13,18-19H,6,9-11H2,1-4H3,(H,20,21). The van der Waals surface area contributed by atoms with Crippen LogP contribution in [0.15, 0.2) is 24.5 Å². The molecule has 5 nitrogen and oxygen atoms in total. The van der Waals surface area contributed by atoms with E-state index in [1.54, 1.807) is 13.1 Å². The molecule has 0 aliphatic rings. The Balaban J connectivity index is 2.13. The second-order valence-electron chi connectivity index (χ2n) is 6.15. The number of amides is 1. The van der Waals surface area contributed by atoms with Gasteiger partial charge in [-0.05, 0) is 52.3 Å². The lowest BCUT2D eigenvalue weighted by molar-refractivity contribution is -0.120. The van der Waals surface area contributed by atoms with E-state index in [1.807, 2.05) is 18.3 Å². The monoisotopic (exact) mass is 292 g/mol. The zero-order valence-electron chi connectivity index (χ0n) is 13.6. The van der Waals surface area contributed by atoms with Gasteiger partial charge in [0.1, 0.15) is 0 Å². The smallest absolute Gasteiger partial charge is 0.217 e. The molecule has 0 aromatic carbocycles. The quantitative estimate of drug-likeness (QED) is 0.610. The lowest BCUT2D eigenvalue weighted by Gasteiger charge is -2.29. The van der Waals surface area contributed by atoms with Gasteiger partial charge in [0.15, 0.2) is 0 Å². The second-order valence-corrected chi connectivity index (χ2v) is 6.15. The Bertz CT molecular complexity index is 420. The van der Waals surface area contributed by atoms with E-state index in [0.29, 0.717) is 6.04 Å². The predicted octanol–water partition coefficient (Wildman–Crippen LogP) is 2.17. The molecule has 0 saturated heterocycles. The summed E-state index contributed by atoms with van der Waals surface area (Å²) in [5.41, 5.74) is 0.879. The van der Waals surface area contributed by atoms with Crippen LogP contribution < -0.4 is 16.0 Å². The number of nitrogens with one attached hydrogen (secondary N) is 3. The summed E-state index contributed by atoms with van der Waals surface area (Å²) in [6.45, 7) is 9.68. The highest BCUT2D eigenvalue weighted by atomic mass is 16.1. The molecular formula is C16H28N4O. The third kappa shape index (κ3) is 8.30. The third-order valence-electron chi connectivity index (χ3n) is 3.17. The first-order chi connectivity index (χ1) is 9.89. The molecule has 1 atom stereocenters. The van der Waals surface area contributed by atoms with Gasteiger partial charge < -0.3 is 16.0 Å². The molecule has 5 heteroatoms. The number of carbonyl (C=O) groups is 1. The van der Waals surface area contributed by atoms with E-state index in [9.17, 15) is 4.79 Å². The van der Waals surface area contributed by atoms with Crippen LogP contribution in [0.4, 0.5) is 5.69 Å². The molecule has 1 aromatic heterocycles. The van der Waals surface area contributed by atoms with Crippen LogP contribution >= 0.6 is 0 Å². The first-order valence-electron chi connectivity index (χ1n) is 7.55. The molecule has 0 aliphatic carbocycles. The molecule has 0 bridgehead atoms. The Morgan fingerprint density at radius 3 is 2.76 bits per heavy atom. The molecule has 1 aromatic rings. The first-order valence-corrected chi connectivity index (χ1v) is 7.55. The number of carbonyl (C=O) groups excluding carboxylic acids is 1. The summed E-state index contributed by atoms with van der Waals surface area (Å²) in [4.78, 5) is 15.2. The lowest BCUT2D eigenvalue weighted by Crippen LogP contribution is -2.46. The lowest BCUT2D eigenvalue weighted by atomic mass is 9.96. The van der Waals surface area contributed by atoms with Crippen molar-refractivity contribution in [1.82, 2.24) is 15.6 Å². The Kier molecular flexibility index (Phi) is 7.15.